The van der Waals surface area contributed by atoms with Crippen molar-refractivity contribution in [1.82, 2.24) is 0 Å². The van der Waals surface area contributed by atoms with E-state index < -0.39 is 11.7 Å². The second-order valence-corrected chi connectivity index (χ2v) is 6.11. The van der Waals surface area contributed by atoms with Gasteiger partial charge in [0, 0.05) is 0 Å². The van der Waals surface area contributed by atoms with Gasteiger partial charge in [-0.2, -0.15) is 13.2 Å². The van der Waals surface area contributed by atoms with Gasteiger partial charge in [-0.3, -0.25) is 0 Å². The van der Waals surface area contributed by atoms with Crippen LogP contribution in [0.3, 0.4) is 0 Å². The summed E-state index contributed by atoms with van der Waals surface area (Å²) >= 11 is 0. The van der Waals surface area contributed by atoms with Crippen molar-refractivity contribution in [3.8, 4) is 5.75 Å². The summed E-state index contributed by atoms with van der Waals surface area (Å²) in [5.41, 5.74) is -0.701. The quantitative estimate of drug-likeness (QED) is 0.295. The Morgan fingerprint density at radius 2 is 1.92 bits per heavy atom. The summed E-state index contributed by atoms with van der Waals surface area (Å²) in [4.78, 5) is 0. The predicted molar refractivity (Wildman–Crippen MR) is 92.6 cm³/mol. The Morgan fingerprint density at radius 3 is 2.68 bits per heavy atom. The van der Waals surface area contributed by atoms with Gasteiger partial charge >= 0.3 is 6.18 Å². The van der Waals surface area contributed by atoms with E-state index in [4.69, 9.17) is 9.47 Å². The zero-order valence-electron chi connectivity index (χ0n) is 14.5. The first-order valence-corrected chi connectivity index (χ1v) is 8.76. The lowest BCUT2D eigenvalue weighted by molar-refractivity contribution is -0.137. The van der Waals surface area contributed by atoms with Gasteiger partial charge in [0.2, 0.25) is 0 Å². The van der Waals surface area contributed by atoms with Gasteiger partial charge in [0.1, 0.15) is 18.5 Å². The Kier molecular flexibility index (Phi) is 7.56. The van der Waals surface area contributed by atoms with Crippen LogP contribution in [0.5, 0.6) is 5.75 Å². The van der Waals surface area contributed by atoms with E-state index in [1.165, 1.54) is 25.0 Å². The monoisotopic (exact) mass is 354 g/mol. The van der Waals surface area contributed by atoms with Crippen LogP contribution in [0.1, 0.15) is 44.6 Å². The summed E-state index contributed by atoms with van der Waals surface area (Å²) in [6, 6.07) is 4.92. The van der Waals surface area contributed by atoms with E-state index in [0.717, 1.165) is 31.4 Å². The highest BCUT2D eigenvalue weighted by molar-refractivity contribution is 5.30. The van der Waals surface area contributed by atoms with Crippen LogP contribution in [-0.2, 0) is 10.9 Å². The second kappa shape index (κ2) is 9.66. The molecule has 0 aromatic heterocycles. The third kappa shape index (κ3) is 7.34. The molecule has 0 aliphatic carbocycles. The van der Waals surface area contributed by atoms with Gasteiger partial charge in [0.15, 0.2) is 0 Å². The Balaban J connectivity index is 1.62. The van der Waals surface area contributed by atoms with Crippen LogP contribution in [-0.4, -0.2) is 18.8 Å². The lowest BCUT2D eigenvalue weighted by Gasteiger charge is -2.09. The van der Waals surface area contributed by atoms with E-state index in [0.29, 0.717) is 0 Å². The van der Waals surface area contributed by atoms with Crippen molar-refractivity contribution >= 4 is 0 Å². The number of ether oxygens (including phenoxy) is 2. The molecule has 1 fully saturated rings. The molecule has 0 unspecified atom stereocenters. The Morgan fingerprint density at radius 1 is 1.12 bits per heavy atom. The van der Waals surface area contributed by atoms with Crippen molar-refractivity contribution in [1.29, 1.82) is 0 Å². The third-order valence-corrected chi connectivity index (χ3v) is 3.96. The number of rotatable bonds is 10. The van der Waals surface area contributed by atoms with E-state index in [-0.39, 0.29) is 24.6 Å². The molecule has 25 heavy (non-hydrogen) atoms. The second-order valence-electron chi connectivity index (χ2n) is 6.11. The average molecular weight is 354 g/mol. The average Bonchev–Trinajstić information content (AvgIpc) is 3.33. The maximum atomic E-state index is 12.6. The van der Waals surface area contributed by atoms with Gasteiger partial charge in [0.05, 0.1) is 11.7 Å². The number of unbranched alkanes of at least 4 members (excludes halogenated alkanes) is 2. The Bertz CT molecular complexity index is 579. The number of halogens is 3. The molecular weight excluding hydrogens is 329 g/mol. The van der Waals surface area contributed by atoms with Gasteiger partial charge in [-0.15, -0.1) is 0 Å². The number of alkyl halides is 3. The molecule has 1 aromatic rings. The maximum absolute atomic E-state index is 12.6. The molecule has 1 aromatic carbocycles. The molecule has 2 atom stereocenters. The molecule has 0 saturated carbocycles. The molecule has 1 aliphatic rings. The predicted octanol–water partition coefficient (Wildman–Crippen LogP) is 5.93. The van der Waals surface area contributed by atoms with Gasteiger partial charge in [-0.25, -0.2) is 0 Å². The minimum absolute atomic E-state index is 0.0423. The van der Waals surface area contributed by atoms with Crippen LogP contribution < -0.4 is 4.74 Å². The van der Waals surface area contributed by atoms with Crippen LogP contribution in [0.2, 0.25) is 0 Å². The van der Waals surface area contributed by atoms with Crippen molar-refractivity contribution in [3.63, 3.8) is 0 Å². The van der Waals surface area contributed by atoms with E-state index in [9.17, 15) is 13.2 Å². The van der Waals surface area contributed by atoms with E-state index in [2.05, 4.69) is 31.2 Å². The van der Waals surface area contributed by atoms with E-state index >= 15 is 0 Å². The summed E-state index contributed by atoms with van der Waals surface area (Å²) in [6.45, 7) is 2.45. The largest absolute Gasteiger partial charge is 0.491 e. The lowest BCUT2D eigenvalue weighted by Crippen LogP contribution is -2.09. The van der Waals surface area contributed by atoms with E-state index in [1.807, 2.05) is 0 Å². The number of hydrogen-bond acceptors (Lipinski definition) is 2. The first-order valence-electron chi connectivity index (χ1n) is 8.76. The number of hydrogen-bond donors (Lipinski definition) is 0. The molecule has 1 aliphatic heterocycles. The first kappa shape index (κ1) is 19.6. The SMILES string of the molecule is CCCC/C=C\C/C=C\C[C@H]1O[C@H]1COc1cccc(C(F)(F)F)c1. The maximum Gasteiger partial charge on any atom is 0.416 e. The highest BCUT2D eigenvalue weighted by Gasteiger charge is 2.38. The van der Waals surface area contributed by atoms with Crippen molar-refractivity contribution in [3.05, 3.63) is 54.1 Å². The Labute approximate surface area is 147 Å². The molecule has 1 heterocycles. The summed E-state index contributed by atoms with van der Waals surface area (Å²) in [5, 5.41) is 0. The summed E-state index contributed by atoms with van der Waals surface area (Å²) in [5.74, 6) is 0.219. The molecular formula is C20H25F3O2. The topological polar surface area (TPSA) is 21.8 Å². The summed E-state index contributed by atoms with van der Waals surface area (Å²) in [7, 11) is 0. The summed E-state index contributed by atoms with van der Waals surface area (Å²) in [6.07, 6.45) is 9.55. The van der Waals surface area contributed by atoms with Gasteiger partial charge in [-0.1, -0.05) is 50.1 Å². The minimum Gasteiger partial charge on any atom is -0.491 e. The van der Waals surface area contributed by atoms with Gasteiger partial charge < -0.3 is 9.47 Å². The normalized spacial score (nSPS) is 20.5. The number of benzene rings is 1. The molecule has 0 bridgehead atoms. The minimum atomic E-state index is -4.35. The third-order valence-electron chi connectivity index (χ3n) is 3.96. The smallest absolute Gasteiger partial charge is 0.416 e. The fraction of sp³-hybridized carbons (Fsp3) is 0.500. The van der Waals surface area contributed by atoms with Crippen LogP contribution in [0, 0.1) is 0 Å². The fourth-order valence-corrected chi connectivity index (χ4v) is 2.41. The van der Waals surface area contributed by atoms with Crippen molar-refractivity contribution in [2.45, 2.75) is 57.4 Å². The van der Waals surface area contributed by atoms with Crippen LogP contribution in [0.4, 0.5) is 13.2 Å². The molecule has 0 N–H and O–H groups in total. The molecule has 2 rings (SSSR count). The highest BCUT2D eigenvalue weighted by atomic mass is 19.4. The Hall–Kier alpha value is -1.75. The zero-order valence-corrected chi connectivity index (χ0v) is 14.5. The molecule has 0 amide bonds. The molecule has 1 saturated heterocycles. The van der Waals surface area contributed by atoms with Crippen molar-refractivity contribution in [2.24, 2.45) is 0 Å². The fourth-order valence-electron chi connectivity index (χ4n) is 2.41. The lowest BCUT2D eigenvalue weighted by atomic mass is 10.2. The molecule has 0 spiro atoms. The first-order chi connectivity index (χ1) is 12.0. The number of epoxide rings is 1. The van der Waals surface area contributed by atoms with Crippen molar-refractivity contribution < 1.29 is 22.6 Å². The number of allylic oxidation sites excluding steroid dienone is 3. The van der Waals surface area contributed by atoms with Crippen LogP contribution in [0.25, 0.3) is 0 Å². The van der Waals surface area contributed by atoms with Gasteiger partial charge in [-0.05, 0) is 37.5 Å². The standard InChI is InChI=1S/C20H25F3O2/c1-2-3-4-5-6-7-8-9-13-18-19(25-18)15-24-17-12-10-11-16(14-17)20(21,22)23/h5-6,8-12,14,18-19H,2-4,7,13,15H2,1H3/b6-5-,9-8-/t18-,19+/m1/s1. The highest BCUT2D eigenvalue weighted by Crippen LogP contribution is 2.32. The van der Waals surface area contributed by atoms with Crippen LogP contribution in [0.15, 0.2) is 48.6 Å². The molecule has 0 radical (unpaired) electrons. The summed E-state index contributed by atoms with van der Waals surface area (Å²) < 4.78 is 48.8. The molecule has 138 valence electrons. The molecule has 5 heteroatoms. The van der Waals surface area contributed by atoms with E-state index in [1.54, 1.807) is 0 Å². The van der Waals surface area contributed by atoms with Crippen LogP contribution >= 0.6 is 0 Å². The zero-order chi connectivity index (χ0) is 18.1. The molecule has 2 nitrogen and oxygen atoms in total. The van der Waals surface area contributed by atoms with Crippen molar-refractivity contribution in [2.75, 3.05) is 6.61 Å². The van der Waals surface area contributed by atoms with Gasteiger partial charge in [0.25, 0.3) is 0 Å².